The Morgan fingerprint density at radius 2 is 0.754 bits per heavy atom. The standard InChI is InChI=1S/C63H42N2/c1-63(2)56-36-45(44-19-12-20-47(35-44)62-64-58(39-13-5-3-6-14-39)38-59(65-62)40-15-7-4-8-16-40)27-30-53(56)54-31-28-46(37-57(54)63)48-33-34-51(50-22-10-9-21-49(48)50)52-29-25-43-24-23-41-17-11-18-42-26-32-55(52)61(43)60(41)42/h3-38H,1-2H3. The minimum atomic E-state index is -0.205. The third-order valence-corrected chi connectivity index (χ3v) is 14.0. The number of rotatable bonds is 6. The van der Waals surface area contributed by atoms with E-state index in [1.807, 2.05) is 12.1 Å². The first kappa shape index (κ1) is 37.4. The molecule has 304 valence electrons. The molecule has 0 amide bonds. The Bertz CT molecular complexity index is 3770. The first-order chi connectivity index (χ1) is 32.0. The zero-order chi connectivity index (χ0) is 43.2. The molecule has 1 aromatic heterocycles. The van der Waals surface area contributed by atoms with Gasteiger partial charge in [-0.15, -0.1) is 0 Å². The fourth-order valence-electron chi connectivity index (χ4n) is 10.8. The summed E-state index contributed by atoms with van der Waals surface area (Å²) < 4.78 is 0. The molecule has 65 heavy (non-hydrogen) atoms. The maximum Gasteiger partial charge on any atom is 0.160 e. The molecule has 13 rings (SSSR count). The molecule has 0 unspecified atom stereocenters. The number of nitrogens with zero attached hydrogens (tertiary/aromatic N) is 2. The van der Waals surface area contributed by atoms with Gasteiger partial charge < -0.3 is 0 Å². The van der Waals surface area contributed by atoms with Gasteiger partial charge in [-0.3, -0.25) is 0 Å². The van der Waals surface area contributed by atoms with Crippen LogP contribution in [0.2, 0.25) is 0 Å². The molecule has 0 fully saturated rings. The van der Waals surface area contributed by atoms with Gasteiger partial charge in [0.25, 0.3) is 0 Å². The maximum absolute atomic E-state index is 5.13. The van der Waals surface area contributed by atoms with E-state index in [1.165, 1.54) is 93.2 Å². The molecule has 1 aliphatic rings. The molecule has 12 aromatic rings. The second-order valence-electron chi connectivity index (χ2n) is 18.1. The van der Waals surface area contributed by atoms with Crippen molar-refractivity contribution in [3.8, 4) is 78.4 Å². The van der Waals surface area contributed by atoms with Gasteiger partial charge in [0.05, 0.1) is 11.4 Å². The van der Waals surface area contributed by atoms with E-state index in [2.05, 4.69) is 220 Å². The first-order valence-electron chi connectivity index (χ1n) is 22.6. The molecule has 1 aliphatic carbocycles. The Balaban J connectivity index is 0.868. The van der Waals surface area contributed by atoms with Gasteiger partial charge in [0, 0.05) is 22.1 Å². The molecule has 1 heterocycles. The van der Waals surface area contributed by atoms with Gasteiger partial charge in [0.2, 0.25) is 0 Å². The number of fused-ring (bicyclic) bond motifs is 4. The average Bonchev–Trinajstić information content (AvgIpc) is 3.60. The summed E-state index contributed by atoms with van der Waals surface area (Å²) in [5, 5.41) is 10.4. The zero-order valence-corrected chi connectivity index (χ0v) is 36.2. The summed E-state index contributed by atoms with van der Waals surface area (Å²) in [6, 6.07) is 79.7. The van der Waals surface area contributed by atoms with Crippen molar-refractivity contribution >= 4 is 43.1 Å². The lowest BCUT2D eigenvalue weighted by Gasteiger charge is -2.23. The van der Waals surface area contributed by atoms with Crippen LogP contribution in [0.3, 0.4) is 0 Å². The summed E-state index contributed by atoms with van der Waals surface area (Å²) in [6.45, 7) is 4.76. The van der Waals surface area contributed by atoms with E-state index >= 15 is 0 Å². The highest BCUT2D eigenvalue weighted by Crippen LogP contribution is 2.51. The van der Waals surface area contributed by atoms with Crippen molar-refractivity contribution < 1.29 is 0 Å². The molecule has 0 spiro atoms. The van der Waals surface area contributed by atoms with Gasteiger partial charge in [-0.2, -0.15) is 0 Å². The minimum Gasteiger partial charge on any atom is -0.228 e. The van der Waals surface area contributed by atoms with Crippen LogP contribution >= 0.6 is 0 Å². The SMILES string of the molecule is CC1(C)c2cc(-c3cccc(-c4nc(-c5ccccc5)cc(-c5ccccc5)n4)c3)ccc2-c2ccc(-c3ccc(-c4ccc5ccc6cccc7ccc4c5c67)c4ccccc34)cc21. The lowest BCUT2D eigenvalue weighted by atomic mass is 9.80. The molecule has 11 aromatic carbocycles. The molecule has 0 bridgehead atoms. The van der Waals surface area contributed by atoms with Gasteiger partial charge in [-0.1, -0.05) is 208 Å². The lowest BCUT2D eigenvalue weighted by Crippen LogP contribution is -2.15. The Labute approximate surface area is 378 Å². The van der Waals surface area contributed by atoms with E-state index in [4.69, 9.17) is 9.97 Å². The van der Waals surface area contributed by atoms with Gasteiger partial charge in [-0.05, 0) is 123 Å². The van der Waals surface area contributed by atoms with Crippen molar-refractivity contribution in [2.24, 2.45) is 0 Å². The van der Waals surface area contributed by atoms with Crippen LogP contribution in [-0.4, -0.2) is 9.97 Å². The largest absolute Gasteiger partial charge is 0.228 e. The van der Waals surface area contributed by atoms with Gasteiger partial charge in [0.15, 0.2) is 5.82 Å². The van der Waals surface area contributed by atoms with Crippen molar-refractivity contribution in [1.82, 2.24) is 9.97 Å². The Morgan fingerprint density at radius 3 is 1.45 bits per heavy atom. The minimum absolute atomic E-state index is 0.205. The molecule has 0 N–H and O–H groups in total. The van der Waals surface area contributed by atoms with Crippen LogP contribution in [0.4, 0.5) is 0 Å². The number of benzene rings is 11. The Morgan fingerprint density at radius 1 is 0.292 bits per heavy atom. The maximum atomic E-state index is 5.13. The molecule has 0 atom stereocenters. The summed E-state index contributed by atoms with van der Waals surface area (Å²) in [5.74, 6) is 0.713. The van der Waals surface area contributed by atoms with Crippen LogP contribution in [0.15, 0.2) is 218 Å². The van der Waals surface area contributed by atoms with Crippen molar-refractivity contribution in [2.75, 3.05) is 0 Å². The highest BCUT2D eigenvalue weighted by Gasteiger charge is 2.36. The fraction of sp³-hybridized carbons (Fsp3) is 0.0476. The highest BCUT2D eigenvalue weighted by molar-refractivity contribution is 6.26. The average molecular weight is 827 g/mol. The Hall–Kier alpha value is -8.20. The summed E-state index contributed by atoms with van der Waals surface area (Å²) in [4.78, 5) is 10.3. The quantitative estimate of drug-likeness (QED) is 0.156. The van der Waals surface area contributed by atoms with Crippen molar-refractivity contribution in [3.05, 3.63) is 230 Å². The van der Waals surface area contributed by atoms with Gasteiger partial charge >= 0.3 is 0 Å². The van der Waals surface area contributed by atoms with E-state index in [0.717, 1.165) is 33.6 Å². The first-order valence-corrected chi connectivity index (χ1v) is 22.6. The van der Waals surface area contributed by atoms with Crippen LogP contribution in [0.5, 0.6) is 0 Å². The van der Waals surface area contributed by atoms with Crippen LogP contribution in [-0.2, 0) is 5.41 Å². The highest BCUT2D eigenvalue weighted by atomic mass is 14.9. The molecule has 2 heteroatoms. The number of aromatic nitrogens is 2. The van der Waals surface area contributed by atoms with Crippen molar-refractivity contribution in [3.63, 3.8) is 0 Å². The molecule has 0 radical (unpaired) electrons. The van der Waals surface area contributed by atoms with Crippen LogP contribution in [0.1, 0.15) is 25.0 Å². The van der Waals surface area contributed by atoms with E-state index in [0.29, 0.717) is 5.82 Å². The van der Waals surface area contributed by atoms with Crippen LogP contribution in [0, 0.1) is 0 Å². The fourth-order valence-corrected chi connectivity index (χ4v) is 10.8. The molecular formula is C63H42N2. The van der Waals surface area contributed by atoms with Crippen LogP contribution < -0.4 is 0 Å². The van der Waals surface area contributed by atoms with Gasteiger partial charge in [-0.25, -0.2) is 9.97 Å². The van der Waals surface area contributed by atoms with E-state index in [-0.39, 0.29) is 5.41 Å². The molecule has 0 saturated carbocycles. The van der Waals surface area contributed by atoms with E-state index in [1.54, 1.807) is 0 Å². The number of hydrogen-bond acceptors (Lipinski definition) is 2. The lowest BCUT2D eigenvalue weighted by molar-refractivity contribution is 0.661. The van der Waals surface area contributed by atoms with Crippen LogP contribution in [0.25, 0.3) is 122 Å². The molecule has 0 saturated heterocycles. The number of hydrogen-bond donors (Lipinski definition) is 0. The molecule has 2 nitrogen and oxygen atoms in total. The molecular weight excluding hydrogens is 785 g/mol. The summed E-state index contributed by atoms with van der Waals surface area (Å²) in [5.41, 5.74) is 17.4. The van der Waals surface area contributed by atoms with Crippen molar-refractivity contribution in [1.29, 1.82) is 0 Å². The third kappa shape index (κ3) is 5.95. The molecule has 0 aliphatic heterocycles. The normalized spacial score (nSPS) is 12.9. The summed E-state index contributed by atoms with van der Waals surface area (Å²) >= 11 is 0. The summed E-state index contributed by atoms with van der Waals surface area (Å²) in [6.07, 6.45) is 0. The predicted octanol–water partition coefficient (Wildman–Crippen LogP) is 16.8. The second-order valence-corrected chi connectivity index (χ2v) is 18.1. The van der Waals surface area contributed by atoms with E-state index < -0.39 is 0 Å². The summed E-state index contributed by atoms with van der Waals surface area (Å²) in [7, 11) is 0. The van der Waals surface area contributed by atoms with Crippen molar-refractivity contribution in [2.45, 2.75) is 19.3 Å². The third-order valence-electron chi connectivity index (χ3n) is 14.0. The van der Waals surface area contributed by atoms with Gasteiger partial charge in [0.1, 0.15) is 0 Å². The predicted molar refractivity (Wildman–Crippen MR) is 273 cm³/mol. The zero-order valence-electron chi connectivity index (χ0n) is 36.2. The Kier molecular flexibility index (Phi) is 8.29. The smallest absolute Gasteiger partial charge is 0.160 e. The second kappa shape index (κ2) is 14.4. The van der Waals surface area contributed by atoms with E-state index in [9.17, 15) is 0 Å². The topological polar surface area (TPSA) is 25.8 Å². The monoisotopic (exact) mass is 826 g/mol.